The molecule has 1 amide bonds. The highest BCUT2D eigenvalue weighted by Gasteiger charge is 2.27. The largest absolute Gasteiger partial charge is 0.464 e. The van der Waals surface area contributed by atoms with E-state index in [1.54, 1.807) is 11.0 Å². The number of benzene rings is 1. The van der Waals surface area contributed by atoms with Crippen molar-refractivity contribution in [3.05, 3.63) is 52.4 Å². The number of fused-ring (bicyclic) bond motifs is 1. The number of amides is 1. The summed E-state index contributed by atoms with van der Waals surface area (Å²) < 4.78 is 12.5. The zero-order valence-electron chi connectivity index (χ0n) is 22.2. The van der Waals surface area contributed by atoms with Crippen LogP contribution in [0.1, 0.15) is 74.8 Å². The Morgan fingerprint density at radius 2 is 1.84 bits per heavy atom. The Labute approximate surface area is 222 Å². The van der Waals surface area contributed by atoms with Crippen LogP contribution in [0.15, 0.2) is 30.3 Å². The van der Waals surface area contributed by atoms with E-state index >= 15 is 0 Å². The van der Waals surface area contributed by atoms with Crippen molar-refractivity contribution in [2.45, 2.75) is 71.9 Å². The number of aromatic nitrogens is 3. The van der Waals surface area contributed by atoms with Crippen LogP contribution in [0.3, 0.4) is 0 Å². The molecule has 198 valence electrons. The van der Waals surface area contributed by atoms with Crippen molar-refractivity contribution in [2.24, 2.45) is 5.92 Å². The Morgan fingerprint density at radius 1 is 1.11 bits per heavy atom. The molecule has 0 saturated heterocycles. The molecule has 0 spiro atoms. The van der Waals surface area contributed by atoms with Gasteiger partial charge in [0.25, 0.3) is 0 Å². The van der Waals surface area contributed by atoms with E-state index in [0.29, 0.717) is 29.7 Å². The van der Waals surface area contributed by atoms with Gasteiger partial charge in [0.15, 0.2) is 11.3 Å². The Bertz CT molecular complexity index is 1290. The summed E-state index contributed by atoms with van der Waals surface area (Å²) in [6, 6.07) is 9.14. The summed E-state index contributed by atoms with van der Waals surface area (Å²) in [5, 5.41) is 0.551. The molecule has 1 aliphatic rings. The molecule has 8 nitrogen and oxygen atoms in total. The smallest absolute Gasteiger partial charge is 0.414 e. The number of hydrogen-bond donors (Lipinski definition) is 0. The van der Waals surface area contributed by atoms with Gasteiger partial charge in [0.1, 0.15) is 11.4 Å². The summed E-state index contributed by atoms with van der Waals surface area (Å²) in [7, 11) is 1.32. The lowest BCUT2D eigenvalue weighted by molar-refractivity contribution is 0.0568. The molecular weight excluding hydrogens is 492 g/mol. The molecule has 1 saturated carbocycles. The quantitative estimate of drug-likeness (QED) is 0.338. The molecule has 1 fully saturated rings. The van der Waals surface area contributed by atoms with Gasteiger partial charge in [-0.1, -0.05) is 36.9 Å². The third kappa shape index (κ3) is 6.42. The number of nitrogens with zero attached hydrogens (tertiary/aromatic N) is 4. The van der Waals surface area contributed by atoms with Gasteiger partial charge in [0, 0.05) is 17.3 Å². The lowest BCUT2D eigenvalue weighted by Crippen LogP contribution is -2.40. The number of pyridine rings is 1. The molecule has 2 heterocycles. The van der Waals surface area contributed by atoms with Crippen molar-refractivity contribution in [2.75, 3.05) is 18.6 Å². The third-order valence-electron chi connectivity index (χ3n) is 6.65. The van der Waals surface area contributed by atoms with Gasteiger partial charge in [0.05, 0.1) is 19.2 Å². The van der Waals surface area contributed by atoms with E-state index in [2.05, 4.69) is 9.97 Å². The molecule has 4 rings (SSSR count). The summed E-state index contributed by atoms with van der Waals surface area (Å²) >= 11 is 6.77. The molecule has 0 atom stereocenters. The van der Waals surface area contributed by atoms with E-state index < -0.39 is 11.6 Å². The van der Waals surface area contributed by atoms with Crippen molar-refractivity contribution < 1.29 is 19.1 Å². The highest BCUT2D eigenvalue weighted by molar-refractivity contribution is 6.31. The standard InChI is InChI=1S/C28H35ClN4O4/c1-18-30-25-24(14-13-23(31-25)26(34)36-5)32(18)17-20-11-12-21(15-22(20)29)33(27(35)37-28(2,3)4)16-19-9-7-6-8-10-19/h11-15,19H,6-10,16-17H2,1-5H3. The monoisotopic (exact) mass is 526 g/mol. The number of esters is 1. The zero-order chi connectivity index (χ0) is 26.7. The Hall–Kier alpha value is -3.13. The minimum atomic E-state index is -0.590. The maximum atomic E-state index is 13.2. The highest BCUT2D eigenvalue weighted by Crippen LogP contribution is 2.31. The first-order chi connectivity index (χ1) is 17.6. The fourth-order valence-corrected chi connectivity index (χ4v) is 5.01. The number of methoxy groups -OCH3 is 1. The van der Waals surface area contributed by atoms with Crippen molar-refractivity contribution in [3.8, 4) is 0 Å². The molecule has 0 bridgehead atoms. The van der Waals surface area contributed by atoms with Crippen LogP contribution in [0.25, 0.3) is 11.2 Å². The first-order valence-electron chi connectivity index (χ1n) is 12.8. The number of hydrogen-bond acceptors (Lipinski definition) is 6. The van der Waals surface area contributed by atoms with Crippen LogP contribution >= 0.6 is 11.6 Å². The third-order valence-corrected chi connectivity index (χ3v) is 7.01. The fourth-order valence-electron chi connectivity index (χ4n) is 4.77. The summed E-state index contributed by atoms with van der Waals surface area (Å²) in [5.41, 5.74) is 2.49. The topological polar surface area (TPSA) is 86.5 Å². The number of rotatable bonds is 6. The average Bonchev–Trinajstić information content (AvgIpc) is 3.16. The van der Waals surface area contributed by atoms with Crippen LogP contribution in [-0.4, -0.2) is 45.9 Å². The SMILES string of the molecule is COC(=O)c1ccc2c(n1)nc(C)n2Cc1ccc(N(CC2CCCCC2)C(=O)OC(C)(C)C)cc1Cl. The maximum absolute atomic E-state index is 13.2. The minimum Gasteiger partial charge on any atom is -0.464 e. The van der Waals surface area contributed by atoms with Crippen molar-refractivity contribution in [1.29, 1.82) is 0 Å². The van der Waals surface area contributed by atoms with Gasteiger partial charge in [-0.15, -0.1) is 0 Å². The lowest BCUT2D eigenvalue weighted by Gasteiger charge is -2.32. The number of aryl methyl sites for hydroxylation is 1. The van der Waals surface area contributed by atoms with Gasteiger partial charge >= 0.3 is 12.1 Å². The number of carbonyl (C=O) groups is 2. The van der Waals surface area contributed by atoms with E-state index in [0.717, 1.165) is 35.4 Å². The molecule has 1 aliphatic carbocycles. The second-order valence-corrected chi connectivity index (χ2v) is 11.1. The summed E-state index contributed by atoms with van der Waals surface area (Å²) in [5.74, 6) is 0.690. The van der Waals surface area contributed by atoms with E-state index in [9.17, 15) is 9.59 Å². The molecule has 2 aromatic heterocycles. The van der Waals surface area contributed by atoms with Crippen LogP contribution in [-0.2, 0) is 16.0 Å². The van der Waals surface area contributed by atoms with E-state index in [1.165, 1.54) is 26.4 Å². The minimum absolute atomic E-state index is 0.210. The van der Waals surface area contributed by atoms with Gasteiger partial charge in [-0.2, -0.15) is 0 Å². The molecular formula is C28H35ClN4O4. The van der Waals surface area contributed by atoms with Crippen molar-refractivity contribution in [1.82, 2.24) is 14.5 Å². The number of imidazole rings is 1. The summed E-state index contributed by atoms with van der Waals surface area (Å²) in [4.78, 5) is 35.6. The highest BCUT2D eigenvalue weighted by atomic mass is 35.5. The number of anilines is 1. The molecule has 3 aromatic rings. The van der Waals surface area contributed by atoms with E-state index in [1.807, 2.05) is 56.5 Å². The van der Waals surface area contributed by atoms with E-state index in [4.69, 9.17) is 21.1 Å². The first-order valence-corrected chi connectivity index (χ1v) is 13.1. The molecule has 37 heavy (non-hydrogen) atoms. The van der Waals surface area contributed by atoms with Crippen LogP contribution in [0.4, 0.5) is 10.5 Å². The Morgan fingerprint density at radius 3 is 2.49 bits per heavy atom. The Balaban J connectivity index is 1.60. The van der Waals surface area contributed by atoms with Crippen LogP contribution in [0.5, 0.6) is 0 Å². The maximum Gasteiger partial charge on any atom is 0.414 e. The average molecular weight is 527 g/mol. The summed E-state index contributed by atoms with van der Waals surface area (Å²) in [6.45, 7) is 8.59. The normalized spacial score (nSPS) is 14.5. The Kier molecular flexibility index (Phi) is 8.07. The van der Waals surface area contributed by atoms with Crippen molar-refractivity contribution in [3.63, 3.8) is 0 Å². The molecule has 0 N–H and O–H groups in total. The molecule has 9 heteroatoms. The van der Waals surface area contributed by atoms with Crippen LogP contribution < -0.4 is 4.90 Å². The lowest BCUT2D eigenvalue weighted by atomic mass is 9.89. The van der Waals surface area contributed by atoms with Crippen LogP contribution in [0, 0.1) is 12.8 Å². The second kappa shape index (κ2) is 11.1. The van der Waals surface area contributed by atoms with E-state index in [-0.39, 0.29) is 11.8 Å². The number of carbonyl (C=O) groups excluding carboxylic acids is 2. The van der Waals surface area contributed by atoms with Gasteiger partial charge in [-0.3, -0.25) is 4.90 Å². The molecule has 0 aliphatic heterocycles. The second-order valence-electron chi connectivity index (χ2n) is 10.6. The molecule has 0 radical (unpaired) electrons. The summed E-state index contributed by atoms with van der Waals surface area (Å²) in [6.07, 6.45) is 5.52. The predicted octanol–water partition coefficient (Wildman–Crippen LogP) is 6.55. The number of halogens is 1. The predicted molar refractivity (Wildman–Crippen MR) is 144 cm³/mol. The molecule has 1 aromatic carbocycles. The fraction of sp³-hybridized carbons (Fsp3) is 0.500. The first kappa shape index (κ1) is 26.9. The zero-order valence-corrected chi connectivity index (χ0v) is 23.0. The van der Waals surface area contributed by atoms with Gasteiger partial charge in [-0.25, -0.2) is 19.6 Å². The van der Waals surface area contributed by atoms with Gasteiger partial charge < -0.3 is 14.0 Å². The molecule has 0 unspecified atom stereocenters. The van der Waals surface area contributed by atoms with Crippen molar-refractivity contribution >= 4 is 40.5 Å². The number of ether oxygens (including phenoxy) is 2. The van der Waals surface area contributed by atoms with Gasteiger partial charge in [0.2, 0.25) is 0 Å². The van der Waals surface area contributed by atoms with Gasteiger partial charge in [-0.05, 0) is 76.3 Å². The van der Waals surface area contributed by atoms with Crippen LogP contribution in [0.2, 0.25) is 5.02 Å².